The van der Waals surface area contributed by atoms with Crippen LogP contribution in [0.5, 0.6) is 0 Å². The summed E-state index contributed by atoms with van der Waals surface area (Å²) in [4.78, 5) is 38.6. The number of nitrogens with one attached hydrogen (secondary N) is 2. The summed E-state index contributed by atoms with van der Waals surface area (Å²) in [6.45, 7) is 5.71. The van der Waals surface area contributed by atoms with Crippen LogP contribution in [0.25, 0.3) is 0 Å². The molecule has 2 aromatic carbocycles. The molecule has 0 saturated carbocycles. The van der Waals surface area contributed by atoms with E-state index in [9.17, 15) is 18.8 Å². The number of hydrogen-bond donors (Lipinski definition) is 2. The van der Waals surface area contributed by atoms with Crippen LogP contribution in [0.15, 0.2) is 71.8 Å². The lowest BCUT2D eigenvalue weighted by molar-refractivity contribution is 0.0937. The molecule has 0 spiro atoms. The molecular weight excluding hydrogens is 409 g/mol. The van der Waals surface area contributed by atoms with E-state index in [1.54, 1.807) is 37.5 Å². The molecule has 2 N–H and O–H groups in total. The maximum Gasteiger partial charge on any atom is 0.257 e. The van der Waals surface area contributed by atoms with Crippen molar-refractivity contribution in [2.75, 3.05) is 0 Å². The fraction of sp³-hybridized carbons (Fsp3) is 0.240. The van der Waals surface area contributed by atoms with Gasteiger partial charge in [0.2, 0.25) is 5.43 Å². The van der Waals surface area contributed by atoms with E-state index in [1.165, 1.54) is 24.5 Å². The summed E-state index contributed by atoms with van der Waals surface area (Å²) in [6.07, 6.45) is 2.92. The van der Waals surface area contributed by atoms with Crippen molar-refractivity contribution in [1.29, 1.82) is 0 Å². The van der Waals surface area contributed by atoms with Gasteiger partial charge in [-0.05, 0) is 44.0 Å². The van der Waals surface area contributed by atoms with Gasteiger partial charge in [-0.1, -0.05) is 42.5 Å². The summed E-state index contributed by atoms with van der Waals surface area (Å²) in [6, 6.07) is 14.6. The van der Waals surface area contributed by atoms with Gasteiger partial charge in [0.1, 0.15) is 16.9 Å². The van der Waals surface area contributed by atoms with Crippen LogP contribution in [-0.2, 0) is 6.54 Å². The van der Waals surface area contributed by atoms with Gasteiger partial charge < -0.3 is 15.2 Å². The molecule has 0 saturated heterocycles. The van der Waals surface area contributed by atoms with Crippen LogP contribution in [0.2, 0.25) is 0 Å². The summed E-state index contributed by atoms with van der Waals surface area (Å²) in [5.41, 5.74) is 0.773. The highest BCUT2D eigenvalue weighted by Gasteiger charge is 2.21. The van der Waals surface area contributed by atoms with Gasteiger partial charge in [-0.15, -0.1) is 0 Å². The molecule has 6 nitrogen and oxygen atoms in total. The SMILES string of the molecule is CC(C)NC(=O)c1cn(Cc2ccccc2)cc(C(=O)NC(C)c2ccc(F)cc2)c1=O. The number of hydrogen-bond acceptors (Lipinski definition) is 3. The Hall–Kier alpha value is -3.74. The van der Waals surface area contributed by atoms with Gasteiger partial charge in [0.15, 0.2) is 0 Å². The highest BCUT2D eigenvalue weighted by atomic mass is 19.1. The van der Waals surface area contributed by atoms with Crippen LogP contribution in [-0.4, -0.2) is 22.4 Å². The minimum atomic E-state index is -0.642. The maximum atomic E-state index is 13.2. The number of carbonyl (C=O) groups is 2. The first-order chi connectivity index (χ1) is 15.2. The first-order valence-electron chi connectivity index (χ1n) is 10.4. The van der Waals surface area contributed by atoms with Gasteiger partial charge in [-0.2, -0.15) is 0 Å². The zero-order valence-corrected chi connectivity index (χ0v) is 18.3. The third-order valence-electron chi connectivity index (χ3n) is 4.91. The Labute approximate surface area is 186 Å². The number of carbonyl (C=O) groups excluding carboxylic acids is 2. The Kier molecular flexibility index (Phi) is 7.20. The van der Waals surface area contributed by atoms with E-state index in [-0.39, 0.29) is 23.0 Å². The smallest absolute Gasteiger partial charge is 0.257 e. The van der Waals surface area contributed by atoms with Crippen molar-refractivity contribution in [2.45, 2.75) is 39.4 Å². The number of pyridine rings is 1. The quantitative estimate of drug-likeness (QED) is 0.594. The lowest BCUT2D eigenvalue weighted by Crippen LogP contribution is -2.38. The van der Waals surface area contributed by atoms with E-state index in [2.05, 4.69) is 10.6 Å². The molecule has 32 heavy (non-hydrogen) atoms. The molecule has 2 amide bonds. The summed E-state index contributed by atoms with van der Waals surface area (Å²) >= 11 is 0. The molecule has 1 unspecified atom stereocenters. The highest BCUT2D eigenvalue weighted by Crippen LogP contribution is 2.14. The van der Waals surface area contributed by atoms with Crippen molar-refractivity contribution >= 4 is 11.8 Å². The second-order valence-corrected chi connectivity index (χ2v) is 7.95. The maximum absolute atomic E-state index is 13.2. The van der Waals surface area contributed by atoms with E-state index in [1.807, 2.05) is 30.3 Å². The van der Waals surface area contributed by atoms with Gasteiger partial charge in [-0.3, -0.25) is 14.4 Å². The van der Waals surface area contributed by atoms with Gasteiger partial charge in [-0.25, -0.2) is 4.39 Å². The molecule has 0 radical (unpaired) electrons. The molecule has 166 valence electrons. The van der Waals surface area contributed by atoms with Crippen molar-refractivity contribution in [2.24, 2.45) is 0 Å². The van der Waals surface area contributed by atoms with Crippen molar-refractivity contribution in [3.8, 4) is 0 Å². The number of amides is 2. The summed E-state index contributed by atoms with van der Waals surface area (Å²) < 4.78 is 14.9. The minimum absolute atomic E-state index is 0.100. The number of rotatable bonds is 7. The molecule has 0 aliphatic rings. The van der Waals surface area contributed by atoms with E-state index in [0.29, 0.717) is 12.1 Å². The molecule has 3 rings (SSSR count). The number of halogens is 1. The van der Waals surface area contributed by atoms with Crippen molar-refractivity contribution in [1.82, 2.24) is 15.2 Å². The molecule has 1 aromatic heterocycles. The average Bonchev–Trinajstić information content (AvgIpc) is 2.75. The highest BCUT2D eigenvalue weighted by molar-refractivity contribution is 5.99. The van der Waals surface area contributed by atoms with Crippen molar-refractivity contribution in [3.63, 3.8) is 0 Å². The fourth-order valence-electron chi connectivity index (χ4n) is 3.29. The van der Waals surface area contributed by atoms with Crippen molar-refractivity contribution in [3.05, 3.63) is 105 Å². The monoisotopic (exact) mass is 435 g/mol. The molecule has 1 atom stereocenters. The topological polar surface area (TPSA) is 80.2 Å². The van der Waals surface area contributed by atoms with Gasteiger partial charge in [0.05, 0.1) is 6.04 Å². The largest absolute Gasteiger partial charge is 0.350 e. The van der Waals surface area contributed by atoms with Crippen molar-refractivity contribution < 1.29 is 14.0 Å². The summed E-state index contributed by atoms with van der Waals surface area (Å²) in [5, 5.41) is 5.47. The number of nitrogens with zero attached hydrogens (tertiary/aromatic N) is 1. The van der Waals surface area contributed by atoms with Crippen LogP contribution in [0.3, 0.4) is 0 Å². The summed E-state index contributed by atoms with van der Waals surface area (Å²) in [7, 11) is 0. The van der Waals surface area contributed by atoms with Gasteiger partial charge in [0.25, 0.3) is 11.8 Å². The third-order valence-corrected chi connectivity index (χ3v) is 4.91. The van der Waals surface area contributed by atoms with Crippen LogP contribution in [0, 0.1) is 5.82 Å². The van der Waals surface area contributed by atoms with E-state index in [0.717, 1.165) is 5.56 Å². The second kappa shape index (κ2) is 10.0. The zero-order valence-electron chi connectivity index (χ0n) is 18.3. The standard InChI is InChI=1S/C25H26FN3O3/c1-16(2)27-24(31)21-14-29(13-18-7-5-4-6-8-18)15-22(23(21)30)25(32)28-17(3)19-9-11-20(26)12-10-19/h4-12,14-17H,13H2,1-3H3,(H,27,31)(H,28,32). The Morgan fingerprint density at radius 2 is 1.44 bits per heavy atom. The first-order valence-corrected chi connectivity index (χ1v) is 10.4. The molecule has 0 aliphatic heterocycles. The predicted octanol–water partition coefficient (Wildman–Crippen LogP) is 3.66. The van der Waals surface area contributed by atoms with Crippen LogP contribution < -0.4 is 16.1 Å². The van der Waals surface area contributed by atoms with Gasteiger partial charge >= 0.3 is 0 Å². The molecule has 0 fully saturated rings. The van der Waals surface area contributed by atoms with E-state index in [4.69, 9.17) is 0 Å². The number of benzene rings is 2. The Morgan fingerprint density at radius 3 is 2.00 bits per heavy atom. The average molecular weight is 435 g/mol. The lowest BCUT2D eigenvalue weighted by atomic mass is 10.1. The van der Waals surface area contributed by atoms with Crippen LogP contribution in [0.1, 0.15) is 58.7 Å². The minimum Gasteiger partial charge on any atom is -0.350 e. The molecule has 3 aromatic rings. The Morgan fingerprint density at radius 1 is 0.875 bits per heavy atom. The molecule has 0 aliphatic carbocycles. The summed E-state index contributed by atoms with van der Waals surface area (Å²) in [5.74, 6) is -1.51. The first kappa shape index (κ1) is 22.9. The predicted molar refractivity (Wildman–Crippen MR) is 121 cm³/mol. The second-order valence-electron chi connectivity index (χ2n) is 7.95. The zero-order chi connectivity index (χ0) is 23.3. The van der Waals surface area contributed by atoms with E-state index >= 15 is 0 Å². The van der Waals surface area contributed by atoms with E-state index < -0.39 is 23.3 Å². The van der Waals surface area contributed by atoms with Gasteiger partial charge in [0, 0.05) is 25.0 Å². The molecular formula is C25H26FN3O3. The fourth-order valence-corrected chi connectivity index (χ4v) is 3.29. The Bertz CT molecular complexity index is 1160. The van der Waals surface area contributed by atoms with Crippen LogP contribution in [0.4, 0.5) is 4.39 Å². The Balaban J connectivity index is 1.95. The van der Waals surface area contributed by atoms with Crippen LogP contribution >= 0.6 is 0 Å². The molecule has 7 heteroatoms. The normalized spacial score (nSPS) is 11.8. The third kappa shape index (κ3) is 5.69. The molecule has 0 bridgehead atoms. The number of aromatic nitrogens is 1. The molecule has 1 heterocycles. The lowest BCUT2D eigenvalue weighted by Gasteiger charge is -2.16.